The fourth-order valence-electron chi connectivity index (χ4n) is 0.794. The van der Waals surface area contributed by atoms with Crippen LogP contribution in [-0.4, -0.2) is 18.1 Å². The Bertz CT molecular complexity index is 384. The van der Waals surface area contributed by atoms with Crippen LogP contribution in [0.15, 0.2) is 16.7 Å². The van der Waals surface area contributed by atoms with Crippen LogP contribution in [0.5, 0.6) is 0 Å². The summed E-state index contributed by atoms with van der Waals surface area (Å²) in [6, 6.07) is 3.30. The van der Waals surface area contributed by atoms with E-state index in [2.05, 4.69) is 25.7 Å². The van der Waals surface area contributed by atoms with Gasteiger partial charge in [0.05, 0.1) is 12.7 Å². The third-order valence-corrected chi connectivity index (χ3v) is 1.80. The zero-order valence-corrected chi connectivity index (χ0v) is 8.33. The van der Waals surface area contributed by atoms with Gasteiger partial charge in [-0.1, -0.05) is 0 Å². The second kappa shape index (κ2) is 4.01. The predicted octanol–water partition coefficient (Wildman–Crippen LogP) is 1.50. The lowest BCUT2D eigenvalue weighted by Gasteiger charge is -2.00. The van der Waals surface area contributed by atoms with Gasteiger partial charge in [0.2, 0.25) is 0 Å². The maximum absolute atomic E-state index is 11.1. The Morgan fingerprint density at radius 3 is 3.00 bits per heavy atom. The summed E-state index contributed by atoms with van der Waals surface area (Å²) in [4.78, 5) is 14.9. The SMILES string of the molecule is COC(=O)c1cc(Br)cnc1C#N. The van der Waals surface area contributed by atoms with Crippen molar-refractivity contribution in [1.82, 2.24) is 4.98 Å². The highest BCUT2D eigenvalue weighted by molar-refractivity contribution is 9.10. The lowest BCUT2D eigenvalue weighted by Crippen LogP contribution is -2.05. The van der Waals surface area contributed by atoms with Gasteiger partial charge in [-0.25, -0.2) is 9.78 Å². The van der Waals surface area contributed by atoms with Gasteiger partial charge >= 0.3 is 5.97 Å². The van der Waals surface area contributed by atoms with Crippen molar-refractivity contribution in [3.8, 4) is 6.07 Å². The smallest absolute Gasteiger partial charge is 0.340 e. The molecule has 1 aromatic heterocycles. The number of halogens is 1. The van der Waals surface area contributed by atoms with Crippen LogP contribution in [0.4, 0.5) is 0 Å². The largest absolute Gasteiger partial charge is 0.465 e. The van der Waals surface area contributed by atoms with Crippen LogP contribution in [-0.2, 0) is 4.74 Å². The van der Waals surface area contributed by atoms with Gasteiger partial charge in [-0.3, -0.25) is 0 Å². The molecule has 5 heteroatoms. The summed E-state index contributed by atoms with van der Waals surface area (Å²) in [5.74, 6) is -0.564. The van der Waals surface area contributed by atoms with Crippen LogP contribution in [0.2, 0.25) is 0 Å². The van der Waals surface area contributed by atoms with Crippen molar-refractivity contribution in [2.24, 2.45) is 0 Å². The predicted molar refractivity (Wildman–Crippen MR) is 48.0 cm³/mol. The molecule has 0 aromatic carbocycles. The lowest BCUT2D eigenvalue weighted by atomic mass is 10.2. The van der Waals surface area contributed by atoms with Crippen molar-refractivity contribution in [3.05, 3.63) is 28.0 Å². The normalized spacial score (nSPS) is 9.00. The number of methoxy groups -OCH3 is 1. The minimum Gasteiger partial charge on any atom is -0.465 e. The molecule has 0 aliphatic carbocycles. The van der Waals surface area contributed by atoms with E-state index in [1.165, 1.54) is 19.4 Å². The Kier molecular flexibility index (Phi) is 2.98. The highest BCUT2D eigenvalue weighted by Gasteiger charge is 2.12. The molecule has 4 nitrogen and oxygen atoms in total. The van der Waals surface area contributed by atoms with Crippen molar-refractivity contribution in [2.75, 3.05) is 7.11 Å². The standard InChI is InChI=1S/C8H5BrN2O2/c1-13-8(12)6-2-5(9)4-11-7(6)3-10/h2,4H,1H3. The molecule has 0 radical (unpaired) electrons. The van der Waals surface area contributed by atoms with Gasteiger partial charge in [0.1, 0.15) is 6.07 Å². The molecule has 1 aromatic rings. The molecule has 0 fully saturated rings. The van der Waals surface area contributed by atoms with Gasteiger partial charge in [0.15, 0.2) is 5.69 Å². The van der Waals surface area contributed by atoms with Crippen LogP contribution in [0, 0.1) is 11.3 Å². The average molecular weight is 241 g/mol. The molecule has 0 bridgehead atoms. The molecule has 0 atom stereocenters. The first-order valence-electron chi connectivity index (χ1n) is 3.33. The summed E-state index contributed by atoms with van der Waals surface area (Å²) in [5.41, 5.74) is 0.231. The van der Waals surface area contributed by atoms with Gasteiger partial charge in [-0.15, -0.1) is 0 Å². The average Bonchev–Trinajstić information content (AvgIpc) is 2.16. The number of nitriles is 1. The Morgan fingerprint density at radius 1 is 1.77 bits per heavy atom. The summed E-state index contributed by atoms with van der Waals surface area (Å²) in [5, 5.41) is 8.62. The number of carbonyl (C=O) groups excluding carboxylic acids is 1. The summed E-state index contributed by atoms with van der Waals surface area (Å²) in [7, 11) is 1.25. The fourth-order valence-corrected chi connectivity index (χ4v) is 1.13. The molecule has 0 saturated heterocycles. The molecule has 66 valence electrons. The number of hydrogen-bond acceptors (Lipinski definition) is 4. The third-order valence-electron chi connectivity index (χ3n) is 1.37. The first kappa shape index (κ1) is 9.68. The molecular formula is C8H5BrN2O2. The van der Waals surface area contributed by atoms with E-state index >= 15 is 0 Å². The van der Waals surface area contributed by atoms with Gasteiger partial charge in [0.25, 0.3) is 0 Å². The van der Waals surface area contributed by atoms with E-state index in [0.717, 1.165) is 0 Å². The zero-order valence-electron chi connectivity index (χ0n) is 6.74. The number of carbonyl (C=O) groups is 1. The molecule has 0 aliphatic rings. The minimum absolute atomic E-state index is 0.0649. The van der Waals surface area contributed by atoms with Gasteiger partial charge in [0, 0.05) is 10.7 Å². The third kappa shape index (κ3) is 2.04. The number of rotatable bonds is 1. The van der Waals surface area contributed by atoms with Crippen molar-refractivity contribution >= 4 is 21.9 Å². The molecule has 0 spiro atoms. The molecule has 13 heavy (non-hydrogen) atoms. The number of esters is 1. The van der Waals surface area contributed by atoms with E-state index in [-0.39, 0.29) is 11.3 Å². The van der Waals surface area contributed by atoms with Crippen LogP contribution >= 0.6 is 15.9 Å². The van der Waals surface area contributed by atoms with Crippen LogP contribution < -0.4 is 0 Å². The molecular weight excluding hydrogens is 236 g/mol. The quantitative estimate of drug-likeness (QED) is 0.699. The highest BCUT2D eigenvalue weighted by atomic mass is 79.9. The zero-order chi connectivity index (χ0) is 9.84. The van der Waals surface area contributed by atoms with Crippen LogP contribution in [0.3, 0.4) is 0 Å². The highest BCUT2D eigenvalue weighted by Crippen LogP contribution is 2.14. The molecule has 0 aliphatic heterocycles. The number of hydrogen-bond donors (Lipinski definition) is 0. The second-order valence-corrected chi connectivity index (χ2v) is 3.07. The van der Waals surface area contributed by atoms with Gasteiger partial charge in [-0.2, -0.15) is 5.26 Å². The monoisotopic (exact) mass is 240 g/mol. The molecule has 0 N–H and O–H groups in total. The van der Waals surface area contributed by atoms with Crippen LogP contribution in [0.1, 0.15) is 16.1 Å². The minimum atomic E-state index is -0.564. The Balaban J connectivity index is 3.25. The van der Waals surface area contributed by atoms with Gasteiger partial charge in [-0.05, 0) is 22.0 Å². The van der Waals surface area contributed by atoms with E-state index in [4.69, 9.17) is 5.26 Å². The lowest BCUT2D eigenvalue weighted by molar-refractivity contribution is 0.0600. The first-order chi connectivity index (χ1) is 6.19. The molecule has 1 heterocycles. The van der Waals surface area contributed by atoms with Crippen molar-refractivity contribution in [3.63, 3.8) is 0 Å². The maximum atomic E-state index is 11.1. The summed E-state index contributed by atoms with van der Waals surface area (Å²) in [6.45, 7) is 0. The topological polar surface area (TPSA) is 63.0 Å². The Hall–Kier alpha value is -1.41. The number of pyridine rings is 1. The van der Waals surface area contributed by atoms with E-state index in [9.17, 15) is 4.79 Å². The van der Waals surface area contributed by atoms with Crippen molar-refractivity contribution in [2.45, 2.75) is 0 Å². The first-order valence-corrected chi connectivity index (χ1v) is 4.12. The molecule has 0 unspecified atom stereocenters. The van der Waals surface area contributed by atoms with Crippen LogP contribution in [0.25, 0.3) is 0 Å². The molecule has 0 saturated carbocycles. The number of nitrogens with zero attached hydrogens (tertiary/aromatic N) is 2. The van der Waals surface area contributed by atoms with E-state index < -0.39 is 5.97 Å². The Morgan fingerprint density at radius 2 is 2.46 bits per heavy atom. The van der Waals surface area contributed by atoms with Crippen molar-refractivity contribution in [1.29, 1.82) is 5.26 Å². The molecule has 0 amide bonds. The van der Waals surface area contributed by atoms with Gasteiger partial charge < -0.3 is 4.74 Å². The summed E-state index contributed by atoms with van der Waals surface area (Å²) >= 11 is 3.14. The van der Waals surface area contributed by atoms with E-state index in [0.29, 0.717) is 4.47 Å². The second-order valence-electron chi connectivity index (χ2n) is 2.15. The summed E-state index contributed by atoms with van der Waals surface area (Å²) in [6.07, 6.45) is 1.45. The maximum Gasteiger partial charge on any atom is 0.340 e. The summed E-state index contributed by atoms with van der Waals surface area (Å²) < 4.78 is 5.11. The van der Waals surface area contributed by atoms with Crippen molar-refractivity contribution < 1.29 is 9.53 Å². The molecule has 1 rings (SSSR count). The number of ether oxygens (including phenoxy) is 1. The van der Waals surface area contributed by atoms with E-state index in [1.54, 1.807) is 6.07 Å². The Labute approximate surface area is 83.3 Å². The number of aromatic nitrogens is 1. The fraction of sp³-hybridized carbons (Fsp3) is 0.125. The van der Waals surface area contributed by atoms with E-state index in [1.807, 2.05) is 0 Å².